The zero-order valence-electron chi connectivity index (χ0n) is 21.8. The van der Waals surface area contributed by atoms with Crippen LogP contribution in [-0.2, 0) is 25.6 Å². The molecule has 230 valence electrons. The van der Waals surface area contributed by atoms with E-state index < -0.39 is 35.9 Å². The van der Waals surface area contributed by atoms with Gasteiger partial charge in [0.25, 0.3) is 0 Å². The zero-order valence-corrected chi connectivity index (χ0v) is 21.8. The van der Waals surface area contributed by atoms with Gasteiger partial charge >= 0.3 is 24.3 Å². The van der Waals surface area contributed by atoms with Crippen LogP contribution in [0.15, 0.2) is 18.2 Å². The molecule has 1 unspecified atom stereocenters. The Morgan fingerprint density at radius 3 is 1.88 bits per heavy atom. The van der Waals surface area contributed by atoms with Crippen molar-refractivity contribution in [1.82, 2.24) is 9.80 Å². The maximum absolute atomic E-state index is 13.4. The fourth-order valence-corrected chi connectivity index (χ4v) is 4.58. The second-order valence-corrected chi connectivity index (χ2v) is 9.37. The molecule has 1 spiro atoms. The van der Waals surface area contributed by atoms with Crippen LogP contribution in [0.3, 0.4) is 0 Å². The maximum atomic E-state index is 13.4. The monoisotopic (exact) mass is 596 g/mol. The van der Waals surface area contributed by atoms with Gasteiger partial charge in [0.15, 0.2) is 11.6 Å². The van der Waals surface area contributed by atoms with Crippen LogP contribution in [0.1, 0.15) is 18.4 Å². The lowest BCUT2D eigenvalue weighted by atomic mass is 9.71. The molecule has 1 aromatic carbocycles. The Balaban J connectivity index is 0.000000473. The highest BCUT2D eigenvalue weighted by molar-refractivity contribution is 5.73. The van der Waals surface area contributed by atoms with Gasteiger partial charge in [-0.1, -0.05) is 6.07 Å². The Morgan fingerprint density at radius 2 is 1.45 bits per heavy atom. The van der Waals surface area contributed by atoms with E-state index in [0.717, 1.165) is 64.3 Å². The molecule has 0 bridgehead atoms. The molecule has 0 aromatic heterocycles. The zero-order chi connectivity index (χ0) is 30.7. The number of piperidine rings is 1. The van der Waals surface area contributed by atoms with Gasteiger partial charge in [-0.15, -0.1) is 0 Å². The smallest absolute Gasteiger partial charge is 0.475 e. The molecule has 0 saturated carbocycles. The number of likely N-dealkylation sites (tertiary alicyclic amines) is 2. The number of hydrogen-bond acceptors (Lipinski definition) is 6. The Morgan fingerprint density at radius 1 is 0.925 bits per heavy atom. The summed E-state index contributed by atoms with van der Waals surface area (Å²) in [5.41, 5.74) is 1.13. The first-order chi connectivity index (χ1) is 18.4. The van der Waals surface area contributed by atoms with Crippen molar-refractivity contribution in [1.29, 1.82) is 0 Å². The number of carboxylic acid groups (broad SMARTS) is 2. The van der Waals surface area contributed by atoms with Gasteiger partial charge in [0.05, 0.1) is 13.2 Å². The third-order valence-corrected chi connectivity index (χ3v) is 6.59. The SMILES string of the molecule is COCCN1CC(COC)C2(CCN(Cc3ccc(F)c(F)c3)CC2)C1.O=C(O)C(F)(F)F.O=C(O)C(F)(F)F. The van der Waals surface area contributed by atoms with E-state index in [1.54, 1.807) is 20.3 Å². The summed E-state index contributed by atoms with van der Waals surface area (Å²) >= 11 is 0. The molecule has 3 rings (SSSR count). The second-order valence-electron chi connectivity index (χ2n) is 9.37. The number of carboxylic acids is 2. The largest absolute Gasteiger partial charge is 0.490 e. The van der Waals surface area contributed by atoms with Crippen molar-refractivity contribution in [2.45, 2.75) is 31.7 Å². The van der Waals surface area contributed by atoms with Crippen LogP contribution in [0.25, 0.3) is 0 Å². The Bertz CT molecular complexity index is 928. The van der Waals surface area contributed by atoms with Crippen molar-refractivity contribution < 1.29 is 64.4 Å². The van der Waals surface area contributed by atoms with E-state index in [0.29, 0.717) is 17.9 Å². The predicted molar refractivity (Wildman–Crippen MR) is 124 cm³/mol. The van der Waals surface area contributed by atoms with Gasteiger partial charge in [-0.3, -0.25) is 4.90 Å². The molecule has 0 amide bonds. The van der Waals surface area contributed by atoms with E-state index in [-0.39, 0.29) is 0 Å². The summed E-state index contributed by atoms with van der Waals surface area (Å²) in [4.78, 5) is 22.6. The van der Waals surface area contributed by atoms with Crippen molar-refractivity contribution >= 4 is 11.9 Å². The van der Waals surface area contributed by atoms with Gasteiger partial charge in [0.1, 0.15) is 0 Å². The molecule has 0 radical (unpaired) electrons. The summed E-state index contributed by atoms with van der Waals surface area (Å²) < 4.78 is 101. The number of aliphatic carboxylic acids is 2. The number of alkyl halides is 6. The van der Waals surface area contributed by atoms with Gasteiger partial charge in [0.2, 0.25) is 0 Å². The number of halogens is 8. The summed E-state index contributed by atoms with van der Waals surface area (Å²) in [6.45, 7) is 7.34. The molecule has 40 heavy (non-hydrogen) atoms. The number of hydrogen-bond donors (Lipinski definition) is 2. The van der Waals surface area contributed by atoms with Gasteiger partial charge in [-0.2, -0.15) is 26.3 Å². The number of rotatable bonds is 7. The van der Waals surface area contributed by atoms with Crippen molar-refractivity contribution in [3.05, 3.63) is 35.4 Å². The van der Waals surface area contributed by atoms with Crippen molar-refractivity contribution in [2.75, 3.05) is 60.2 Å². The second kappa shape index (κ2) is 15.4. The number of nitrogens with zero attached hydrogens (tertiary/aromatic N) is 2. The minimum Gasteiger partial charge on any atom is -0.475 e. The molecule has 1 aromatic rings. The standard InChI is InChI=1S/C20H30F2N2O2.2C2HF3O2/c1-25-10-9-24-13-17(14-26-2)20(15-24)5-7-23(8-6-20)12-16-3-4-18(21)19(22)11-16;2*3-2(4,5)1(6)7/h3-4,11,17H,5-10,12-15H2,1-2H3;2*(H,6,7). The highest BCUT2D eigenvalue weighted by atomic mass is 19.4. The van der Waals surface area contributed by atoms with Crippen LogP contribution in [0.5, 0.6) is 0 Å². The van der Waals surface area contributed by atoms with Crippen molar-refractivity contribution in [3.63, 3.8) is 0 Å². The third kappa shape index (κ3) is 11.5. The number of carbonyl (C=O) groups is 2. The van der Waals surface area contributed by atoms with Crippen LogP contribution in [0.4, 0.5) is 35.1 Å². The van der Waals surface area contributed by atoms with Crippen LogP contribution in [0.2, 0.25) is 0 Å². The first kappa shape index (κ1) is 35.5. The van der Waals surface area contributed by atoms with E-state index in [9.17, 15) is 35.1 Å². The van der Waals surface area contributed by atoms with Crippen LogP contribution >= 0.6 is 0 Å². The molecule has 1 atom stereocenters. The van der Waals surface area contributed by atoms with Crippen LogP contribution < -0.4 is 0 Å². The predicted octanol–water partition coefficient (Wildman–Crippen LogP) is 4.04. The highest BCUT2D eigenvalue weighted by Gasteiger charge is 2.47. The van der Waals surface area contributed by atoms with E-state index >= 15 is 0 Å². The molecule has 2 heterocycles. The minimum atomic E-state index is -5.08. The van der Waals surface area contributed by atoms with Gasteiger partial charge in [0, 0.05) is 46.3 Å². The summed E-state index contributed by atoms with van der Waals surface area (Å²) in [7, 11) is 3.53. The molecule has 8 nitrogen and oxygen atoms in total. The lowest BCUT2D eigenvalue weighted by molar-refractivity contribution is -0.193. The lowest BCUT2D eigenvalue weighted by Crippen LogP contribution is -2.45. The Hall–Kier alpha value is -2.56. The van der Waals surface area contributed by atoms with Gasteiger partial charge in [-0.25, -0.2) is 18.4 Å². The number of methoxy groups -OCH3 is 2. The molecular formula is C24H32F8N2O6. The number of ether oxygens (including phenoxy) is 2. The van der Waals surface area contributed by atoms with Crippen molar-refractivity contribution in [2.24, 2.45) is 11.3 Å². The average Bonchev–Trinajstić information content (AvgIpc) is 3.18. The number of benzene rings is 1. The van der Waals surface area contributed by atoms with E-state index in [1.807, 2.05) is 0 Å². The molecule has 0 aliphatic carbocycles. The van der Waals surface area contributed by atoms with E-state index in [1.165, 1.54) is 12.1 Å². The normalized spacial score (nSPS) is 19.4. The van der Waals surface area contributed by atoms with E-state index in [2.05, 4.69) is 9.80 Å². The molecular weight excluding hydrogens is 564 g/mol. The van der Waals surface area contributed by atoms with E-state index in [4.69, 9.17) is 29.3 Å². The summed E-state index contributed by atoms with van der Waals surface area (Å²) in [5.74, 6) is -6.51. The van der Waals surface area contributed by atoms with Crippen molar-refractivity contribution in [3.8, 4) is 0 Å². The first-order valence-electron chi connectivity index (χ1n) is 11.9. The fraction of sp³-hybridized carbons (Fsp3) is 0.667. The fourth-order valence-electron chi connectivity index (χ4n) is 4.58. The molecule has 2 aliphatic heterocycles. The lowest BCUT2D eigenvalue weighted by Gasteiger charge is -2.42. The summed E-state index contributed by atoms with van der Waals surface area (Å²) in [5, 5.41) is 14.2. The molecule has 16 heteroatoms. The highest BCUT2D eigenvalue weighted by Crippen LogP contribution is 2.45. The first-order valence-corrected chi connectivity index (χ1v) is 11.9. The molecule has 2 fully saturated rings. The molecule has 2 aliphatic rings. The maximum Gasteiger partial charge on any atom is 0.490 e. The van der Waals surface area contributed by atoms with Gasteiger partial charge in [-0.05, 0) is 49.0 Å². The minimum absolute atomic E-state index is 0.300. The Kier molecular flexibility index (Phi) is 13.7. The molecule has 2 saturated heterocycles. The quantitative estimate of drug-likeness (QED) is 0.456. The Labute approximate surface area is 225 Å². The van der Waals surface area contributed by atoms with Gasteiger partial charge < -0.3 is 24.6 Å². The average molecular weight is 597 g/mol. The van der Waals surface area contributed by atoms with Crippen LogP contribution in [-0.4, -0.2) is 104 Å². The summed E-state index contributed by atoms with van der Waals surface area (Å²) in [6, 6.07) is 4.21. The summed E-state index contributed by atoms with van der Waals surface area (Å²) in [6.07, 6.45) is -7.93. The topological polar surface area (TPSA) is 99.5 Å². The third-order valence-electron chi connectivity index (χ3n) is 6.59. The molecule has 2 N–H and O–H groups in total. The van der Waals surface area contributed by atoms with Crippen LogP contribution in [0, 0.1) is 23.0 Å².